The number of anilines is 2. The summed E-state index contributed by atoms with van der Waals surface area (Å²) in [6.45, 7) is 3.48. The van der Waals surface area contributed by atoms with Crippen molar-refractivity contribution in [2.45, 2.75) is 31.2 Å². The Morgan fingerprint density at radius 1 is 1.16 bits per heavy atom. The van der Waals surface area contributed by atoms with E-state index in [9.17, 15) is 13.2 Å². The molecule has 0 saturated heterocycles. The molecule has 1 aliphatic heterocycles. The fourth-order valence-corrected chi connectivity index (χ4v) is 6.06. The lowest BCUT2D eigenvalue weighted by Crippen LogP contribution is -2.33. The molecule has 1 N–H and O–H groups in total. The maximum Gasteiger partial charge on any atom is 0.261 e. The first-order valence-corrected chi connectivity index (χ1v) is 12.4. The zero-order valence-corrected chi connectivity index (χ0v) is 19.1. The molecule has 3 heterocycles. The van der Waals surface area contributed by atoms with Gasteiger partial charge in [0.2, 0.25) is 5.91 Å². The quantitative estimate of drug-likeness (QED) is 0.482. The van der Waals surface area contributed by atoms with Crippen molar-refractivity contribution in [1.29, 1.82) is 0 Å². The lowest BCUT2D eigenvalue weighted by Gasteiger charge is -2.20. The summed E-state index contributed by atoms with van der Waals surface area (Å²) in [5, 5.41) is 0.830. The number of hydrogen-bond donors (Lipinski definition) is 1. The van der Waals surface area contributed by atoms with Crippen LogP contribution in [-0.2, 0) is 21.2 Å². The number of sulfonamides is 1. The van der Waals surface area contributed by atoms with Gasteiger partial charge in [-0.3, -0.25) is 9.52 Å². The molecule has 0 bridgehead atoms. The van der Waals surface area contributed by atoms with Gasteiger partial charge in [-0.25, -0.2) is 18.4 Å². The predicted molar refractivity (Wildman–Crippen MR) is 126 cm³/mol. The standard InChI is InChI=1S/C23H20N4O3S2/c1-14-12-17-13-19(9-10-21(17)27(14)15(2)28)32(29,30)26-18-7-5-16(6-8-18)22-25-20-4-3-11-24-23(20)31-22/h3-11,13-14,26H,12H2,1-2H3. The van der Waals surface area contributed by atoms with Gasteiger partial charge in [-0.1, -0.05) is 11.3 Å². The Labute approximate surface area is 189 Å². The third-order valence-corrected chi connectivity index (χ3v) is 7.87. The molecular formula is C23H20N4O3S2. The maximum absolute atomic E-state index is 13.0. The molecule has 4 aromatic rings. The number of aromatic nitrogens is 2. The van der Waals surface area contributed by atoms with Gasteiger partial charge in [0.1, 0.15) is 15.4 Å². The molecule has 1 aliphatic rings. The molecule has 1 atom stereocenters. The molecule has 0 radical (unpaired) electrons. The third kappa shape index (κ3) is 3.63. The van der Waals surface area contributed by atoms with Crippen LogP contribution in [0.4, 0.5) is 11.4 Å². The summed E-state index contributed by atoms with van der Waals surface area (Å²) in [7, 11) is -3.76. The Morgan fingerprint density at radius 2 is 1.94 bits per heavy atom. The van der Waals surface area contributed by atoms with E-state index in [0.717, 1.165) is 32.2 Å². The zero-order chi connectivity index (χ0) is 22.5. The second-order valence-corrected chi connectivity index (χ2v) is 10.4. The number of nitrogens with zero attached hydrogens (tertiary/aromatic N) is 3. The lowest BCUT2D eigenvalue weighted by molar-refractivity contribution is -0.116. The van der Waals surface area contributed by atoms with E-state index >= 15 is 0 Å². The number of carbonyl (C=O) groups is 1. The maximum atomic E-state index is 13.0. The molecule has 7 nitrogen and oxygen atoms in total. The van der Waals surface area contributed by atoms with Crippen molar-refractivity contribution in [3.8, 4) is 10.6 Å². The molecule has 2 aromatic carbocycles. The molecule has 1 unspecified atom stereocenters. The molecule has 0 spiro atoms. The van der Waals surface area contributed by atoms with Crippen molar-refractivity contribution >= 4 is 49.0 Å². The van der Waals surface area contributed by atoms with Crippen LogP contribution in [0.1, 0.15) is 19.4 Å². The number of nitrogens with one attached hydrogen (secondary N) is 1. The van der Waals surface area contributed by atoms with E-state index in [1.807, 2.05) is 31.2 Å². The van der Waals surface area contributed by atoms with Crippen LogP contribution >= 0.6 is 11.3 Å². The van der Waals surface area contributed by atoms with Gasteiger partial charge in [-0.05, 0) is 73.5 Å². The van der Waals surface area contributed by atoms with Gasteiger partial charge in [0.05, 0.1) is 4.90 Å². The van der Waals surface area contributed by atoms with Crippen LogP contribution in [-0.4, -0.2) is 30.3 Å². The molecular weight excluding hydrogens is 444 g/mol. The average molecular weight is 465 g/mol. The van der Waals surface area contributed by atoms with E-state index in [-0.39, 0.29) is 16.8 Å². The molecule has 162 valence electrons. The number of carbonyl (C=O) groups excluding carboxylic acids is 1. The van der Waals surface area contributed by atoms with Gasteiger partial charge in [-0.15, -0.1) is 0 Å². The van der Waals surface area contributed by atoms with Gasteiger partial charge in [0, 0.05) is 36.1 Å². The summed E-state index contributed by atoms with van der Waals surface area (Å²) in [6, 6.07) is 15.8. The van der Waals surface area contributed by atoms with Gasteiger partial charge >= 0.3 is 0 Å². The van der Waals surface area contributed by atoms with Gasteiger partial charge in [0.15, 0.2) is 0 Å². The van der Waals surface area contributed by atoms with Crippen LogP contribution in [0.3, 0.4) is 0 Å². The fraction of sp³-hybridized carbons (Fsp3) is 0.174. The number of benzene rings is 2. The van der Waals surface area contributed by atoms with Crippen LogP contribution in [0.2, 0.25) is 0 Å². The largest absolute Gasteiger partial charge is 0.309 e. The first kappa shape index (κ1) is 20.6. The van der Waals surface area contributed by atoms with Crippen LogP contribution in [0.5, 0.6) is 0 Å². The van der Waals surface area contributed by atoms with E-state index in [1.165, 1.54) is 24.3 Å². The van der Waals surface area contributed by atoms with E-state index in [4.69, 9.17) is 0 Å². The Morgan fingerprint density at radius 3 is 2.66 bits per heavy atom. The normalized spacial score (nSPS) is 15.7. The van der Waals surface area contributed by atoms with Crippen molar-refractivity contribution in [3.05, 3.63) is 66.4 Å². The van der Waals surface area contributed by atoms with Crippen LogP contribution in [0.15, 0.2) is 65.7 Å². The highest BCUT2D eigenvalue weighted by Crippen LogP contribution is 2.34. The first-order valence-electron chi connectivity index (χ1n) is 10.1. The molecule has 0 saturated carbocycles. The minimum absolute atomic E-state index is 0.0127. The Bertz CT molecular complexity index is 1410. The summed E-state index contributed by atoms with van der Waals surface area (Å²) in [5.41, 5.74) is 3.83. The van der Waals surface area contributed by atoms with E-state index < -0.39 is 10.0 Å². The smallest absolute Gasteiger partial charge is 0.261 e. The average Bonchev–Trinajstić information content (AvgIpc) is 3.33. The van der Waals surface area contributed by atoms with E-state index in [1.54, 1.807) is 35.4 Å². The Balaban J connectivity index is 1.38. The highest BCUT2D eigenvalue weighted by Gasteiger charge is 2.30. The third-order valence-electron chi connectivity index (χ3n) is 5.47. The molecule has 1 amide bonds. The van der Waals surface area contributed by atoms with E-state index in [0.29, 0.717) is 12.1 Å². The van der Waals surface area contributed by atoms with Crippen LogP contribution in [0.25, 0.3) is 20.9 Å². The van der Waals surface area contributed by atoms with Crippen molar-refractivity contribution in [3.63, 3.8) is 0 Å². The summed E-state index contributed by atoms with van der Waals surface area (Å²) < 4.78 is 28.6. The summed E-state index contributed by atoms with van der Waals surface area (Å²) >= 11 is 1.49. The van der Waals surface area contributed by atoms with Gasteiger partial charge in [0.25, 0.3) is 10.0 Å². The highest BCUT2D eigenvalue weighted by molar-refractivity contribution is 7.92. The molecule has 5 rings (SSSR count). The van der Waals surface area contributed by atoms with Gasteiger partial charge in [-0.2, -0.15) is 0 Å². The predicted octanol–water partition coefficient (Wildman–Crippen LogP) is 4.46. The Hall–Kier alpha value is -3.30. The summed E-state index contributed by atoms with van der Waals surface area (Å²) in [5.74, 6) is -0.0472. The minimum atomic E-state index is -3.76. The summed E-state index contributed by atoms with van der Waals surface area (Å²) in [6.07, 6.45) is 2.36. The van der Waals surface area contributed by atoms with Crippen LogP contribution < -0.4 is 9.62 Å². The summed E-state index contributed by atoms with van der Waals surface area (Å²) in [4.78, 5) is 23.5. The number of hydrogen-bond acceptors (Lipinski definition) is 6. The van der Waals surface area contributed by atoms with Crippen molar-refractivity contribution in [2.24, 2.45) is 0 Å². The number of thiazole rings is 1. The molecule has 2 aromatic heterocycles. The van der Waals surface area contributed by atoms with Crippen LogP contribution in [0, 0.1) is 0 Å². The van der Waals surface area contributed by atoms with Crippen molar-refractivity contribution < 1.29 is 13.2 Å². The van der Waals surface area contributed by atoms with Crippen molar-refractivity contribution in [1.82, 2.24) is 9.97 Å². The number of fused-ring (bicyclic) bond motifs is 2. The monoisotopic (exact) mass is 464 g/mol. The first-order chi connectivity index (χ1) is 15.3. The van der Waals surface area contributed by atoms with Gasteiger partial charge < -0.3 is 4.90 Å². The SMILES string of the molecule is CC(=O)N1c2ccc(S(=O)(=O)Nc3ccc(-c4nc5cccnc5s4)cc3)cc2CC1C. The number of pyridine rings is 1. The Kier molecular flexibility index (Phi) is 4.94. The van der Waals surface area contributed by atoms with E-state index in [2.05, 4.69) is 14.7 Å². The number of amides is 1. The second kappa shape index (κ2) is 7.68. The molecule has 0 aliphatic carbocycles. The number of rotatable bonds is 4. The second-order valence-electron chi connectivity index (χ2n) is 7.76. The minimum Gasteiger partial charge on any atom is -0.309 e. The van der Waals surface area contributed by atoms with Crippen molar-refractivity contribution in [2.75, 3.05) is 9.62 Å². The lowest BCUT2D eigenvalue weighted by atomic mass is 10.1. The molecule has 32 heavy (non-hydrogen) atoms. The molecule has 0 fully saturated rings. The molecule has 9 heteroatoms. The zero-order valence-electron chi connectivity index (χ0n) is 17.4. The fourth-order valence-electron chi connectivity index (χ4n) is 4.04. The topological polar surface area (TPSA) is 92.3 Å². The highest BCUT2D eigenvalue weighted by atomic mass is 32.2.